The number of rotatable bonds is 4. The molecule has 0 aliphatic carbocycles. The molecule has 100 valence electrons. The Morgan fingerprint density at radius 1 is 1.37 bits per heavy atom. The lowest BCUT2D eigenvalue weighted by Crippen LogP contribution is -2.25. The molecule has 0 atom stereocenters. The summed E-state index contributed by atoms with van der Waals surface area (Å²) in [5.74, 6) is 0.645. The molecule has 2 N–H and O–H groups in total. The molecule has 1 aromatic carbocycles. The van der Waals surface area contributed by atoms with E-state index in [9.17, 15) is 9.59 Å². The van der Waals surface area contributed by atoms with Crippen molar-refractivity contribution in [2.75, 3.05) is 13.7 Å². The fourth-order valence-electron chi connectivity index (χ4n) is 1.92. The Hall–Kier alpha value is -2.30. The molecule has 2 aromatic rings. The number of aromatic amines is 1. The number of amides is 1. The largest absolute Gasteiger partial charge is 0.497 e. The van der Waals surface area contributed by atoms with Gasteiger partial charge < -0.3 is 15.0 Å². The van der Waals surface area contributed by atoms with Gasteiger partial charge in [-0.15, -0.1) is 0 Å². The van der Waals surface area contributed by atoms with E-state index in [1.165, 1.54) is 6.92 Å². The zero-order chi connectivity index (χ0) is 13.8. The first kappa shape index (κ1) is 13.1. The summed E-state index contributed by atoms with van der Waals surface area (Å²) in [6.07, 6.45) is 0.502. The number of carbonyl (C=O) groups excluding carboxylic acids is 1. The van der Waals surface area contributed by atoms with Crippen molar-refractivity contribution < 1.29 is 9.53 Å². The lowest BCUT2D eigenvalue weighted by molar-refractivity contribution is -0.118. The Morgan fingerprint density at radius 3 is 2.84 bits per heavy atom. The zero-order valence-electron chi connectivity index (χ0n) is 10.9. The fourth-order valence-corrected chi connectivity index (χ4v) is 1.92. The Morgan fingerprint density at radius 2 is 2.16 bits per heavy atom. The number of pyridine rings is 1. The van der Waals surface area contributed by atoms with E-state index in [2.05, 4.69) is 10.3 Å². The minimum absolute atomic E-state index is 0.0983. The first-order valence-electron chi connectivity index (χ1n) is 6.04. The summed E-state index contributed by atoms with van der Waals surface area (Å²) in [5.41, 5.74) is 1.30. The molecule has 0 spiro atoms. The number of hydrogen-bond acceptors (Lipinski definition) is 3. The van der Waals surface area contributed by atoms with Crippen molar-refractivity contribution >= 4 is 16.8 Å². The number of hydrogen-bond donors (Lipinski definition) is 2. The van der Waals surface area contributed by atoms with E-state index in [0.29, 0.717) is 18.5 Å². The van der Waals surface area contributed by atoms with Crippen LogP contribution in [0.2, 0.25) is 0 Å². The van der Waals surface area contributed by atoms with Crippen molar-refractivity contribution in [2.45, 2.75) is 13.3 Å². The predicted octanol–water partition coefficient (Wildman–Crippen LogP) is 1.22. The maximum Gasteiger partial charge on any atom is 0.251 e. The van der Waals surface area contributed by atoms with Crippen molar-refractivity contribution in [3.63, 3.8) is 0 Å². The van der Waals surface area contributed by atoms with Crippen LogP contribution in [0.15, 0.2) is 29.1 Å². The Balaban J connectivity index is 2.30. The monoisotopic (exact) mass is 260 g/mol. The molecule has 0 radical (unpaired) electrons. The summed E-state index contributed by atoms with van der Waals surface area (Å²) in [4.78, 5) is 25.5. The molecule has 1 aromatic heterocycles. The van der Waals surface area contributed by atoms with Crippen LogP contribution in [-0.4, -0.2) is 24.5 Å². The third kappa shape index (κ3) is 3.13. The number of H-pyrrole nitrogens is 1. The van der Waals surface area contributed by atoms with Crippen LogP contribution in [-0.2, 0) is 11.2 Å². The van der Waals surface area contributed by atoms with Gasteiger partial charge in [0.15, 0.2) is 0 Å². The number of benzene rings is 1. The molecule has 0 bridgehead atoms. The third-order valence-electron chi connectivity index (χ3n) is 2.90. The van der Waals surface area contributed by atoms with Gasteiger partial charge in [-0.1, -0.05) is 0 Å². The second kappa shape index (κ2) is 5.56. The maximum absolute atomic E-state index is 11.9. The Bertz CT molecular complexity index is 661. The van der Waals surface area contributed by atoms with E-state index in [-0.39, 0.29) is 11.5 Å². The van der Waals surface area contributed by atoms with Gasteiger partial charge in [0, 0.05) is 29.9 Å². The van der Waals surface area contributed by atoms with Gasteiger partial charge >= 0.3 is 0 Å². The summed E-state index contributed by atoms with van der Waals surface area (Å²) >= 11 is 0. The van der Waals surface area contributed by atoms with E-state index >= 15 is 0 Å². The van der Waals surface area contributed by atoms with Crippen molar-refractivity contribution in [2.24, 2.45) is 0 Å². The number of methoxy groups -OCH3 is 1. The van der Waals surface area contributed by atoms with Crippen LogP contribution in [0, 0.1) is 0 Å². The fraction of sp³-hybridized carbons (Fsp3) is 0.286. The normalized spacial score (nSPS) is 10.4. The van der Waals surface area contributed by atoms with E-state index in [1.807, 2.05) is 18.2 Å². The molecule has 1 heterocycles. The zero-order valence-corrected chi connectivity index (χ0v) is 10.9. The smallest absolute Gasteiger partial charge is 0.251 e. The molecule has 0 unspecified atom stereocenters. The van der Waals surface area contributed by atoms with Crippen LogP contribution in [0.1, 0.15) is 12.5 Å². The molecule has 2 rings (SSSR count). The molecule has 0 aliphatic heterocycles. The quantitative estimate of drug-likeness (QED) is 0.868. The first-order chi connectivity index (χ1) is 9.10. The average molecular weight is 260 g/mol. The second-order valence-corrected chi connectivity index (χ2v) is 4.31. The molecule has 1 amide bonds. The Labute approximate surface area is 110 Å². The highest BCUT2D eigenvalue weighted by atomic mass is 16.5. The number of ether oxygens (including phenoxy) is 1. The van der Waals surface area contributed by atoms with Gasteiger partial charge in [-0.25, -0.2) is 0 Å². The number of aromatic nitrogens is 1. The van der Waals surface area contributed by atoms with Crippen LogP contribution >= 0.6 is 0 Å². The minimum Gasteiger partial charge on any atom is -0.497 e. The van der Waals surface area contributed by atoms with Crippen molar-refractivity contribution in [3.8, 4) is 5.75 Å². The summed E-state index contributed by atoms with van der Waals surface area (Å²) in [7, 11) is 1.60. The molecule has 19 heavy (non-hydrogen) atoms. The molecular weight excluding hydrogens is 244 g/mol. The summed E-state index contributed by atoms with van der Waals surface area (Å²) in [6, 6.07) is 7.31. The van der Waals surface area contributed by atoms with E-state index in [4.69, 9.17) is 4.74 Å². The first-order valence-corrected chi connectivity index (χ1v) is 6.04. The van der Waals surface area contributed by atoms with Gasteiger partial charge in [0.25, 0.3) is 5.56 Å². The molecule has 0 saturated carbocycles. The summed E-state index contributed by atoms with van der Waals surface area (Å²) in [5, 5.41) is 3.59. The molecule has 5 heteroatoms. The average Bonchev–Trinajstić information content (AvgIpc) is 2.38. The minimum atomic E-state index is -0.122. The van der Waals surface area contributed by atoms with E-state index in [1.54, 1.807) is 13.2 Å². The maximum atomic E-state index is 11.9. The predicted molar refractivity (Wildman–Crippen MR) is 73.5 cm³/mol. The van der Waals surface area contributed by atoms with Gasteiger partial charge in [-0.2, -0.15) is 0 Å². The highest BCUT2D eigenvalue weighted by Crippen LogP contribution is 2.18. The van der Waals surface area contributed by atoms with E-state index < -0.39 is 0 Å². The van der Waals surface area contributed by atoms with Crippen LogP contribution in [0.5, 0.6) is 5.75 Å². The molecule has 0 aliphatic rings. The van der Waals surface area contributed by atoms with Gasteiger partial charge in [0.05, 0.1) is 7.11 Å². The Kier molecular flexibility index (Phi) is 3.85. The lowest BCUT2D eigenvalue weighted by atomic mass is 10.1. The van der Waals surface area contributed by atoms with Gasteiger partial charge in [-0.05, 0) is 30.7 Å². The summed E-state index contributed by atoms with van der Waals surface area (Å²) in [6.45, 7) is 1.91. The highest BCUT2D eigenvalue weighted by Gasteiger charge is 2.04. The molecule has 5 nitrogen and oxygen atoms in total. The van der Waals surface area contributed by atoms with Crippen LogP contribution in [0.3, 0.4) is 0 Å². The SMILES string of the molecule is COc1ccc2[nH]c(=O)c(CCNC(C)=O)cc2c1. The van der Waals surface area contributed by atoms with Gasteiger partial charge in [-0.3, -0.25) is 9.59 Å². The van der Waals surface area contributed by atoms with Crippen molar-refractivity contribution in [1.82, 2.24) is 10.3 Å². The van der Waals surface area contributed by atoms with Crippen molar-refractivity contribution in [1.29, 1.82) is 0 Å². The third-order valence-corrected chi connectivity index (χ3v) is 2.90. The lowest BCUT2D eigenvalue weighted by Gasteiger charge is -2.06. The van der Waals surface area contributed by atoms with Crippen LogP contribution in [0.4, 0.5) is 0 Å². The molecule has 0 fully saturated rings. The topological polar surface area (TPSA) is 71.2 Å². The van der Waals surface area contributed by atoms with Gasteiger partial charge in [0.2, 0.25) is 5.91 Å². The van der Waals surface area contributed by atoms with E-state index in [0.717, 1.165) is 16.7 Å². The summed E-state index contributed by atoms with van der Waals surface area (Å²) < 4.78 is 5.16. The van der Waals surface area contributed by atoms with Gasteiger partial charge in [0.1, 0.15) is 5.75 Å². The highest BCUT2D eigenvalue weighted by molar-refractivity contribution is 5.80. The number of fused-ring (bicyclic) bond motifs is 1. The van der Waals surface area contributed by atoms with Crippen LogP contribution < -0.4 is 15.6 Å². The number of carbonyl (C=O) groups is 1. The number of nitrogens with one attached hydrogen (secondary N) is 2. The molecular formula is C14H16N2O3. The molecule has 0 saturated heterocycles. The van der Waals surface area contributed by atoms with Crippen molar-refractivity contribution in [3.05, 3.63) is 40.2 Å². The second-order valence-electron chi connectivity index (χ2n) is 4.31. The van der Waals surface area contributed by atoms with Crippen LogP contribution in [0.25, 0.3) is 10.9 Å². The standard InChI is InChI=1S/C14H16N2O3/c1-9(17)15-6-5-10-7-11-8-12(19-2)3-4-13(11)16-14(10)18/h3-4,7-8H,5-6H2,1-2H3,(H,15,17)(H,16,18).